The van der Waals surface area contributed by atoms with E-state index in [4.69, 9.17) is 18.9 Å². The zero-order chi connectivity index (χ0) is 32.4. The van der Waals surface area contributed by atoms with E-state index in [1.165, 1.54) is 19.3 Å². The van der Waals surface area contributed by atoms with Crippen molar-refractivity contribution in [3.05, 3.63) is 48.6 Å². The predicted octanol–water partition coefficient (Wildman–Crippen LogP) is 1.30. The van der Waals surface area contributed by atoms with Crippen molar-refractivity contribution in [2.75, 3.05) is 19.8 Å². The van der Waals surface area contributed by atoms with E-state index in [0.717, 1.165) is 25.7 Å². The Bertz CT molecular complexity index is 921. The van der Waals surface area contributed by atoms with Gasteiger partial charge in [-0.3, -0.25) is 4.79 Å². The Hall–Kier alpha value is -1.97. The predicted molar refractivity (Wildman–Crippen MR) is 161 cm³/mol. The van der Waals surface area contributed by atoms with Crippen molar-refractivity contribution >= 4 is 5.97 Å². The second-order valence-corrected chi connectivity index (χ2v) is 11.0. The molecule has 44 heavy (non-hydrogen) atoms. The number of esters is 1. The molecule has 0 unspecified atom stereocenters. The van der Waals surface area contributed by atoms with Gasteiger partial charge in [0, 0.05) is 6.42 Å². The number of allylic oxidation sites excluding steroid dienone is 8. The number of hydrogen-bond donors (Lipinski definition) is 7. The molecule has 9 atom stereocenters. The minimum absolute atomic E-state index is 0.111. The van der Waals surface area contributed by atoms with E-state index >= 15 is 0 Å². The van der Waals surface area contributed by atoms with E-state index in [0.29, 0.717) is 12.8 Å². The highest BCUT2D eigenvalue weighted by atomic mass is 16.8. The highest BCUT2D eigenvalue weighted by Gasteiger charge is 2.58. The largest absolute Gasteiger partial charge is 0.463 e. The minimum Gasteiger partial charge on any atom is -0.463 e. The van der Waals surface area contributed by atoms with Crippen LogP contribution in [-0.2, 0) is 23.7 Å². The lowest BCUT2D eigenvalue weighted by Crippen LogP contribution is -2.62. The van der Waals surface area contributed by atoms with Crippen molar-refractivity contribution in [2.24, 2.45) is 0 Å². The van der Waals surface area contributed by atoms with Gasteiger partial charge in [-0.05, 0) is 44.9 Å². The molecule has 0 aromatic carbocycles. The number of hydrogen-bond acceptors (Lipinski definition) is 12. The molecule has 2 fully saturated rings. The number of aliphatic hydroxyl groups excluding tert-OH is 7. The minimum atomic E-state index is -2.28. The first-order valence-electron chi connectivity index (χ1n) is 15.6. The van der Waals surface area contributed by atoms with Gasteiger partial charge in [0.15, 0.2) is 6.29 Å². The molecule has 2 saturated heterocycles. The lowest BCUT2D eigenvalue weighted by atomic mass is 9.99. The molecule has 0 bridgehead atoms. The number of rotatable bonds is 20. The second kappa shape index (κ2) is 20.9. The smallest absolute Gasteiger partial charge is 0.305 e. The van der Waals surface area contributed by atoms with E-state index in [2.05, 4.69) is 43.4 Å². The van der Waals surface area contributed by atoms with Crippen molar-refractivity contribution in [3.63, 3.8) is 0 Å². The molecule has 0 amide bonds. The van der Waals surface area contributed by atoms with Gasteiger partial charge in [-0.1, -0.05) is 68.4 Å². The molecule has 2 aliphatic rings. The molecular weight excluding hydrogens is 576 g/mol. The van der Waals surface area contributed by atoms with Crippen LogP contribution in [0.1, 0.15) is 71.1 Å². The molecule has 7 N–H and O–H groups in total. The van der Waals surface area contributed by atoms with Crippen LogP contribution < -0.4 is 0 Å². The third kappa shape index (κ3) is 12.1. The Morgan fingerprint density at radius 2 is 1.34 bits per heavy atom. The summed E-state index contributed by atoms with van der Waals surface area (Å²) in [7, 11) is 0. The lowest BCUT2D eigenvalue weighted by Gasteiger charge is -2.43. The number of carbonyl (C=O) groups is 1. The fourth-order valence-electron chi connectivity index (χ4n) is 4.79. The molecule has 0 aliphatic carbocycles. The summed E-state index contributed by atoms with van der Waals surface area (Å²) in [5.74, 6) is -2.84. The standard InChI is InChI=1S/C32H52O12/c1-2-3-4-5-6-7-8-9-10-11-12-13-14-15-16-17-18-19-25(35)41-21-24-26(36)28(38)29(39)31(42-24)44-32(22-34)30(40)27(37)23(20-33)43-32/h6-7,9-10,12-13,15-16,23-24,26-31,33-34,36-40H,2-5,8,11,14,17-22H2,1H3/t23-,24-,26-,27-,28+,29-,30+,31-,32+/m1/s1. The van der Waals surface area contributed by atoms with Crippen LogP contribution in [0.5, 0.6) is 0 Å². The molecule has 252 valence electrons. The van der Waals surface area contributed by atoms with Crippen LogP contribution in [0.2, 0.25) is 0 Å². The summed E-state index contributed by atoms with van der Waals surface area (Å²) in [5, 5.41) is 70.5. The number of carbonyl (C=O) groups excluding carboxylic acids is 1. The molecule has 2 rings (SSSR count). The molecule has 0 radical (unpaired) electrons. The van der Waals surface area contributed by atoms with Gasteiger partial charge in [-0.15, -0.1) is 0 Å². The van der Waals surface area contributed by atoms with Crippen LogP contribution in [0.25, 0.3) is 0 Å². The summed E-state index contributed by atoms with van der Waals surface area (Å²) in [6.45, 7) is 0.0501. The van der Waals surface area contributed by atoms with Gasteiger partial charge in [-0.2, -0.15) is 0 Å². The van der Waals surface area contributed by atoms with Crippen molar-refractivity contribution in [2.45, 2.75) is 126 Å². The van der Waals surface area contributed by atoms with Gasteiger partial charge < -0.3 is 54.7 Å². The highest BCUT2D eigenvalue weighted by molar-refractivity contribution is 5.69. The Morgan fingerprint density at radius 1 is 0.750 bits per heavy atom. The number of unbranched alkanes of at least 4 members (excludes halogenated alkanes) is 4. The zero-order valence-corrected chi connectivity index (χ0v) is 25.6. The third-order valence-electron chi connectivity index (χ3n) is 7.51. The van der Waals surface area contributed by atoms with Gasteiger partial charge in [0.25, 0.3) is 0 Å². The quantitative estimate of drug-likeness (QED) is 0.0581. The van der Waals surface area contributed by atoms with E-state index in [1.807, 2.05) is 12.2 Å². The number of aliphatic hydroxyl groups is 7. The molecule has 0 aromatic heterocycles. The maximum atomic E-state index is 12.2. The molecule has 2 aliphatic heterocycles. The second-order valence-electron chi connectivity index (χ2n) is 11.0. The maximum Gasteiger partial charge on any atom is 0.305 e. The summed E-state index contributed by atoms with van der Waals surface area (Å²) in [6, 6.07) is 0. The number of ether oxygens (including phenoxy) is 4. The molecule has 12 nitrogen and oxygen atoms in total. The summed E-state index contributed by atoms with van der Waals surface area (Å²) in [6.07, 6.45) is 12.8. The fourth-order valence-corrected chi connectivity index (χ4v) is 4.79. The van der Waals surface area contributed by atoms with Crippen LogP contribution in [-0.4, -0.2) is 116 Å². The Balaban J connectivity index is 1.66. The zero-order valence-electron chi connectivity index (χ0n) is 25.6. The van der Waals surface area contributed by atoms with Gasteiger partial charge in [0.1, 0.15) is 55.9 Å². The Labute approximate surface area is 259 Å². The SMILES string of the molecule is CCCCCC=CCC=CCC=CCC=CCCCC(=O)OC[C@H]1O[C@H](O[C@]2(CO)O[C@H](CO)[C@@H](O)[C@@H]2O)[C@H](O)[C@@H](O)[C@@H]1O. The first-order chi connectivity index (χ1) is 21.2. The van der Waals surface area contributed by atoms with E-state index in [9.17, 15) is 40.5 Å². The molecule has 12 heteroatoms. The lowest BCUT2D eigenvalue weighted by molar-refractivity contribution is -0.383. The molecule has 0 saturated carbocycles. The maximum absolute atomic E-state index is 12.2. The van der Waals surface area contributed by atoms with Crippen molar-refractivity contribution in [1.29, 1.82) is 0 Å². The topological polar surface area (TPSA) is 196 Å². The first kappa shape index (κ1) is 38.2. The van der Waals surface area contributed by atoms with E-state index < -0.39 is 80.6 Å². The Kier molecular flexibility index (Phi) is 18.2. The normalized spacial score (nSPS) is 33.0. The van der Waals surface area contributed by atoms with Crippen LogP contribution in [0, 0.1) is 0 Å². The van der Waals surface area contributed by atoms with Crippen molar-refractivity contribution in [1.82, 2.24) is 0 Å². The molecule has 0 aromatic rings. The summed E-state index contributed by atoms with van der Waals surface area (Å²) < 4.78 is 21.4. The molecule has 2 heterocycles. The summed E-state index contributed by atoms with van der Waals surface area (Å²) in [4.78, 5) is 12.2. The monoisotopic (exact) mass is 628 g/mol. The van der Waals surface area contributed by atoms with Crippen LogP contribution in [0.15, 0.2) is 48.6 Å². The van der Waals surface area contributed by atoms with E-state index in [-0.39, 0.29) is 6.42 Å². The highest BCUT2D eigenvalue weighted by Crippen LogP contribution is 2.36. The first-order valence-corrected chi connectivity index (χ1v) is 15.6. The van der Waals surface area contributed by atoms with E-state index in [1.54, 1.807) is 0 Å². The fraction of sp³-hybridized carbons (Fsp3) is 0.719. The van der Waals surface area contributed by atoms with Crippen LogP contribution in [0.4, 0.5) is 0 Å². The van der Waals surface area contributed by atoms with Crippen molar-refractivity contribution in [3.8, 4) is 0 Å². The summed E-state index contributed by atoms with van der Waals surface area (Å²) in [5.41, 5.74) is 0. The summed E-state index contributed by atoms with van der Waals surface area (Å²) >= 11 is 0. The van der Waals surface area contributed by atoms with Gasteiger partial charge in [0.05, 0.1) is 6.61 Å². The van der Waals surface area contributed by atoms with Gasteiger partial charge in [-0.25, -0.2) is 0 Å². The van der Waals surface area contributed by atoms with Gasteiger partial charge >= 0.3 is 5.97 Å². The average Bonchev–Trinajstić information content (AvgIpc) is 3.27. The molecular formula is C32H52O12. The Morgan fingerprint density at radius 3 is 1.89 bits per heavy atom. The van der Waals surface area contributed by atoms with Gasteiger partial charge in [0.2, 0.25) is 5.79 Å². The molecule has 0 spiro atoms. The third-order valence-corrected chi connectivity index (χ3v) is 7.51. The van der Waals surface area contributed by atoms with Crippen LogP contribution in [0.3, 0.4) is 0 Å². The average molecular weight is 629 g/mol. The van der Waals surface area contributed by atoms with Crippen molar-refractivity contribution < 1.29 is 59.5 Å². The van der Waals surface area contributed by atoms with Crippen LogP contribution >= 0.6 is 0 Å².